The molecule has 2 aromatic carbocycles. The van der Waals surface area contributed by atoms with Gasteiger partial charge in [-0.3, -0.25) is 9.78 Å². The Balaban J connectivity index is 2.02. The first-order valence-electron chi connectivity index (χ1n) is 7.41. The molecule has 24 heavy (non-hydrogen) atoms. The monoisotopic (exact) mass is 329 g/mol. The molecule has 0 saturated carbocycles. The normalized spacial score (nSPS) is 11.7. The smallest absolute Gasteiger partial charge is 0.294 e. The molecule has 5 heteroatoms. The van der Waals surface area contributed by atoms with Gasteiger partial charge in [0.2, 0.25) is 0 Å². The van der Waals surface area contributed by atoms with Crippen molar-refractivity contribution >= 4 is 16.7 Å². The number of nitrogens with zero attached hydrogens (tertiary/aromatic N) is 1. The second-order valence-electron chi connectivity index (χ2n) is 5.58. The fourth-order valence-corrected chi connectivity index (χ4v) is 2.69. The molecule has 0 atom stereocenters. The Morgan fingerprint density at radius 3 is 2.50 bits per heavy atom. The van der Waals surface area contributed by atoms with Gasteiger partial charge >= 0.3 is 6.18 Å². The topological polar surface area (TPSA) is 30.0 Å². The summed E-state index contributed by atoms with van der Waals surface area (Å²) in [4.78, 5) is 16.9. The molecule has 3 aromatic rings. The van der Waals surface area contributed by atoms with Gasteiger partial charge in [-0.25, -0.2) is 0 Å². The van der Waals surface area contributed by atoms with Gasteiger partial charge in [0.25, 0.3) is 0 Å². The van der Waals surface area contributed by atoms with E-state index >= 15 is 0 Å². The SMILES string of the molecule is Cc1ccc2cccc(CC(=O)c3ccccc3C(F)(F)F)c2n1. The Morgan fingerprint density at radius 1 is 1.00 bits per heavy atom. The van der Waals surface area contributed by atoms with Crippen molar-refractivity contribution in [1.82, 2.24) is 4.98 Å². The molecule has 3 rings (SSSR count). The quantitative estimate of drug-likeness (QED) is 0.634. The molecule has 2 nitrogen and oxygen atoms in total. The van der Waals surface area contributed by atoms with Crippen LogP contribution in [0.15, 0.2) is 54.6 Å². The molecule has 122 valence electrons. The fourth-order valence-electron chi connectivity index (χ4n) is 2.69. The molecular weight excluding hydrogens is 315 g/mol. The summed E-state index contributed by atoms with van der Waals surface area (Å²) in [6, 6.07) is 14.0. The van der Waals surface area contributed by atoms with Gasteiger partial charge in [-0.05, 0) is 24.6 Å². The fraction of sp³-hybridized carbons (Fsp3) is 0.158. The van der Waals surface area contributed by atoms with Crippen molar-refractivity contribution in [1.29, 1.82) is 0 Å². The lowest BCUT2D eigenvalue weighted by atomic mass is 9.97. The number of aryl methyl sites for hydroxylation is 1. The van der Waals surface area contributed by atoms with Gasteiger partial charge < -0.3 is 0 Å². The van der Waals surface area contributed by atoms with Crippen molar-refractivity contribution < 1.29 is 18.0 Å². The summed E-state index contributed by atoms with van der Waals surface area (Å²) in [6.07, 6.45) is -4.68. The average Bonchev–Trinajstić information content (AvgIpc) is 2.54. The van der Waals surface area contributed by atoms with E-state index in [0.717, 1.165) is 17.1 Å². The Hall–Kier alpha value is -2.69. The maximum atomic E-state index is 13.1. The summed E-state index contributed by atoms with van der Waals surface area (Å²) in [5, 5.41) is 0.856. The van der Waals surface area contributed by atoms with Crippen LogP contribution in [0.3, 0.4) is 0 Å². The van der Waals surface area contributed by atoms with Gasteiger partial charge in [0.1, 0.15) is 0 Å². The predicted octanol–water partition coefficient (Wildman–Crippen LogP) is 4.99. The molecule has 0 spiro atoms. The van der Waals surface area contributed by atoms with E-state index in [1.807, 2.05) is 25.1 Å². The zero-order valence-corrected chi connectivity index (χ0v) is 12.9. The van der Waals surface area contributed by atoms with Crippen molar-refractivity contribution in [3.8, 4) is 0 Å². The molecule has 0 bridgehead atoms. The minimum absolute atomic E-state index is 0.124. The molecule has 1 heterocycles. The summed E-state index contributed by atoms with van der Waals surface area (Å²) in [5.41, 5.74) is 0.848. The van der Waals surface area contributed by atoms with E-state index in [1.54, 1.807) is 12.1 Å². The van der Waals surface area contributed by atoms with Crippen LogP contribution in [0.25, 0.3) is 10.9 Å². The summed E-state index contributed by atoms with van der Waals surface area (Å²) in [7, 11) is 0. The van der Waals surface area contributed by atoms with Gasteiger partial charge in [0, 0.05) is 23.1 Å². The Bertz CT molecular complexity index is 916. The largest absolute Gasteiger partial charge is 0.417 e. The third-order valence-corrected chi connectivity index (χ3v) is 3.83. The number of hydrogen-bond acceptors (Lipinski definition) is 2. The van der Waals surface area contributed by atoms with Gasteiger partial charge in [0.05, 0.1) is 11.1 Å². The molecule has 0 unspecified atom stereocenters. The van der Waals surface area contributed by atoms with Crippen LogP contribution in [0.4, 0.5) is 13.2 Å². The van der Waals surface area contributed by atoms with Gasteiger partial charge in [-0.1, -0.05) is 42.5 Å². The van der Waals surface area contributed by atoms with Gasteiger partial charge in [-0.15, -0.1) is 0 Å². The van der Waals surface area contributed by atoms with E-state index in [-0.39, 0.29) is 12.0 Å². The molecule has 0 fully saturated rings. The van der Waals surface area contributed by atoms with Crippen LogP contribution >= 0.6 is 0 Å². The van der Waals surface area contributed by atoms with Crippen molar-refractivity contribution in [2.45, 2.75) is 19.5 Å². The number of rotatable bonds is 3. The van der Waals surface area contributed by atoms with Gasteiger partial charge in [-0.2, -0.15) is 13.2 Å². The first-order chi connectivity index (χ1) is 11.4. The number of Topliss-reactive ketones (excluding diaryl/α,β-unsaturated/α-hetero) is 1. The summed E-state index contributed by atoms with van der Waals surface area (Å²) in [6.45, 7) is 1.83. The summed E-state index contributed by atoms with van der Waals surface area (Å²) >= 11 is 0. The summed E-state index contributed by atoms with van der Waals surface area (Å²) in [5.74, 6) is -0.571. The third-order valence-electron chi connectivity index (χ3n) is 3.83. The zero-order chi connectivity index (χ0) is 17.3. The van der Waals surface area contributed by atoms with Crippen LogP contribution in [0.1, 0.15) is 27.2 Å². The lowest BCUT2D eigenvalue weighted by Crippen LogP contribution is -2.14. The first-order valence-corrected chi connectivity index (χ1v) is 7.41. The molecule has 1 aromatic heterocycles. The van der Waals surface area contributed by atoms with Crippen molar-refractivity contribution in [2.75, 3.05) is 0 Å². The van der Waals surface area contributed by atoms with Crippen molar-refractivity contribution in [3.05, 3.63) is 77.0 Å². The highest BCUT2D eigenvalue weighted by Crippen LogP contribution is 2.32. The highest BCUT2D eigenvalue weighted by molar-refractivity contribution is 6.00. The average molecular weight is 329 g/mol. The van der Waals surface area contributed by atoms with Crippen LogP contribution < -0.4 is 0 Å². The van der Waals surface area contributed by atoms with Crippen molar-refractivity contribution in [3.63, 3.8) is 0 Å². The number of hydrogen-bond donors (Lipinski definition) is 0. The molecule has 0 N–H and O–H groups in total. The number of fused-ring (bicyclic) bond motifs is 1. The van der Waals surface area contributed by atoms with Gasteiger partial charge in [0.15, 0.2) is 5.78 Å². The second-order valence-corrected chi connectivity index (χ2v) is 5.58. The molecule has 0 aliphatic carbocycles. The predicted molar refractivity (Wildman–Crippen MR) is 86.0 cm³/mol. The van der Waals surface area contributed by atoms with Crippen LogP contribution in [-0.2, 0) is 12.6 Å². The number of ketones is 1. The Morgan fingerprint density at radius 2 is 1.75 bits per heavy atom. The molecule has 0 aliphatic heterocycles. The van der Waals surface area contributed by atoms with Crippen molar-refractivity contribution in [2.24, 2.45) is 0 Å². The number of para-hydroxylation sites is 1. The minimum Gasteiger partial charge on any atom is -0.294 e. The molecular formula is C19H14F3NO. The lowest BCUT2D eigenvalue weighted by molar-refractivity contribution is -0.137. The maximum Gasteiger partial charge on any atom is 0.417 e. The number of alkyl halides is 3. The van der Waals surface area contributed by atoms with E-state index in [4.69, 9.17) is 0 Å². The number of halogens is 3. The second kappa shape index (κ2) is 6.07. The lowest BCUT2D eigenvalue weighted by Gasteiger charge is -2.12. The molecule has 0 amide bonds. The number of carbonyl (C=O) groups is 1. The maximum absolute atomic E-state index is 13.1. The van der Waals surface area contributed by atoms with Crippen LogP contribution in [0.5, 0.6) is 0 Å². The number of aromatic nitrogens is 1. The number of pyridine rings is 1. The molecule has 0 aliphatic rings. The Kier molecular flexibility index (Phi) is 4.09. The molecule has 0 saturated heterocycles. The highest BCUT2D eigenvalue weighted by atomic mass is 19.4. The van der Waals surface area contributed by atoms with E-state index in [1.165, 1.54) is 18.2 Å². The number of benzene rings is 2. The van der Waals surface area contributed by atoms with E-state index in [2.05, 4.69) is 4.98 Å². The first kappa shape index (κ1) is 16.2. The van der Waals surface area contributed by atoms with E-state index < -0.39 is 17.5 Å². The molecule has 0 radical (unpaired) electrons. The van der Waals surface area contributed by atoms with Crippen LogP contribution in [-0.4, -0.2) is 10.8 Å². The van der Waals surface area contributed by atoms with E-state index in [9.17, 15) is 18.0 Å². The van der Waals surface area contributed by atoms with Crippen LogP contribution in [0.2, 0.25) is 0 Å². The summed E-state index contributed by atoms with van der Waals surface area (Å²) < 4.78 is 39.3. The number of carbonyl (C=O) groups excluding carboxylic acids is 1. The van der Waals surface area contributed by atoms with Crippen LogP contribution in [0, 0.1) is 6.92 Å². The Labute approximate surface area is 137 Å². The highest BCUT2D eigenvalue weighted by Gasteiger charge is 2.34. The van der Waals surface area contributed by atoms with E-state index in [0.29, 0.717) is 11.1 Å². The zero-order valence-electron chi connectivity index (χ0n) is 12.9. The third kappa shape index (κ3) is 3.15. The minimum atomic E-state index is -4.56. The standard InChI is InChI=1S/C19H14F3NO/c1-12-9-10-13-5-4-6-14(18(13)23-12)11-17(24)15-7-2-3-8-16(15)19(20,21)22/h2-10H,11H2,1H3.